The minimum atomic E-state index is -0.00587. The van der Waals surface area contributed by atoms with Crippen LogP contribution in [0, 0.1) is 0 Å². The van der Waals surface area contributed by atoms with E-state index >= 15 is 0 Å². The van der Waals surface area contributed by atoms with Crippen molar-refractivity contribution >= 4 is 45.1 Å². The van der Waals surface area contributed by atoms with Gasteiger partial charge in [-0.25, -0.2) is 0 Å². The van der Waals surface area contributed by atoms with E-state index in [-0.39, 0.29) is 9.49 Å². The molecule has 0 saturated carbocycles. The third kappa shape index (κ3) is 4.34. The van der Waals surface area contributed by atoms with Crippen LogP contribution in [0.25, 0.3) is 0 Å². The van der Waals surface area contributed by atoms with Crippen molar-refractivity contribution in [2.45, 2.75) is 32.8 Å². The van der Waals surface area contributed by atoms with Gasteiger partial charge >= 0.3 is 0 Å². The summed E-state index contributed by atoms with van der Waals surface area (Å²) < 4.78 is -0.0117. The fraction of sp³-hybridized carbons (Fsp3) is 0.250. The SMILES string of the molecule is c1ccc(C2(c3ccccc3)SCCC2SSC2CCSC2(c2ccccc2)c2ccccc2)cc1. The van der Waals surface area contributed by atoms with E-state index in [1.807, 2.05) is 0 Å². The zero-order chi connectivity index (χ0) is 24.3. The molecule has 4 heteroatoms. The highest BCUT2D eigenvalue weighted by Gasteiger charge is 2.50. The molecule has 0 amide bonds. The number of benzene rings is 4. The predicted molar refractivity (Wildman–Crippen MR) is 164 cm³/mol. The average molecular weight is 543 g/mol. The van der Waals surface area contributed by atoms with Gasteiger partial charge in [0.15, 0.2) is 0 Å². The highest BCUT2D eigenvalue weighted by atomic mass is 33.1. The summed E-state index contributed by atoms with van der Waals surface area (Å²) in [6.07, 6.45) is 2.46. The molecule has 2 fully saturated rings. The van der Waals surface area contributed by atoms with E-state index in [0.29, 0.717) is 10.5 Å². The molecule has 4 aromatic rings. The van der Waals surface area contributed by atoms with Gasteiger partial charge in [0.25, 0.3) is 0 Å². The van der Waals surface area contributed by atoms with Gasteiger partial charge in [-0.3, -0.25) is 0 Å². The molecule has 0 aromatic heterocycles. The van der Waals surface area contributed by atoms with Gasteiger partial charge in [0, 0.05) is 10.5 Å². The Labute approximate surface area is 231 Å². The summed E-state index contributed by atoms with van der Waals surface area (Å²) >= 11 is 4.28. The van der Waals surface area contributed by atoms with Crippen LogP contribution in [0.4, 0.5) is 0 Å². The molecule has 36 heavy (non-hydrogen) atoms. The minimum Gasteiger partial charge on any atom is -0.144 e. The molecule has 2 heterocycles. The lowest BCUT2D eigenvalue weighted by atomic mass is 9.86. The van der Waals surface area contributed by atoms with Crippen LogP contribution in [0.1, 0.15) is 35.1 Å². The van der Waals surface area contributed by atoms with Crippen molar-refractivity contribution in [3.63, 3.8) is 0 Å². The molecule has 2 unspecified atom stereocenters. The molecule has 2 aliphatic heterocycles. The Balaban J connectivity index is 1.35. The number of thioether (sulfide) groups is 2. The lowest BCUT2D eigenvalue weighted by molar-refractivity contribution is 0.702. The van der Waals surface area contributed by atoms with E-state index in [1.165, 1.54) is 46.6 Å². The first-order valence-electron chi connectivity index (χ1n) is 12.7. The van der Waals surface area contributed by atoms with Crippen molar-refractivity contribution in [2.75, 3.05) is 11.5 Å². The Kier molecular flexibility index (Phi) is 7.48. The lowest BCUT2D eigenvalue weighted by Gasteiger charge is -2.38. The zero-order valence-corrected chi connectivity index (χ0v) is 23.4. The number of hydrogen-bond donors (Lipinski definition) is 0. The van der Waals surface area contributed by atoms with E-state index in [9.17, 15) is 0 Å². The van der Waals surface area contributed by atoms with Gasteiger partial charge in [0.1, 0.15) is 0 Å². The monoisotopic (exact) mass is 542 g/mol. The fourth-order valence-electron chi connectivity index (χ4n) is 5.77. The van der Waals surface area contributed by atoms with Crippen LogP contribution in [0.15, 0.2) is 121 Å². The van der Waals surface area contributed by atoms with Crippen LogP contribution in [-0.2, 0) is 9.49 Å². The van der Waals surface area contributed by atoms with Crippen molar-refractivity contribution in [1.82, 2.24) is 0 Å². The molecular weight excluding hydrogens is 513 g/mol. The summed E-state index contributed by atoms with van der Waals surface area (Å²) in [4.78, 5) is 0. The van der Waals surface area contributed by atoms with Crippen molar-refractivity contribution in [2.24, 2.45) is 0 Å². The summed E-state index contributed by atoms with van der Waals surface area (Å²) in [5, 5.41) is 1.04. The lowest BCUT2D eigenvalue weighted by Crippen LogP contribution is -2.33. The third-order valence-electron chi connectivity index (χ3n) is 7.42. The highest BCUT2D eigenvalue weighted by molar-refractivity contribution is 8.77. The minimum absolute atomic E-state index is 0.00587. The van der Waals surface area contributed by atoms with Crippen molar-refractivity contribution in [1.29, 1.82) is 0 Å². The second-order valence-corrected chi connectivity index (χ2v) is 14.7. The second-order valence-electron chi connectivity index (χ2n) is 9.38. The maximum atomic E-state index is 2.34. The zero-order valence-electron chi connectivity index (χ0n) is 20.2. The fourth-order valence-corrected chi connectivity index (χ4v) is 14.1. The molecule has 0 nitrogen and oxygen atoms in total. The van der Waals surface area contributed by atoms with Gasteiger partial charge in [-0.2, -0.15) is 0 Å². The van der Waals surface area contributed by atoms with Gasteiger partial charge in [0.05, 0.1) is 9.49 Å². The standard InChI is InChI=1S/C32H30S4/c1-5-13-25(14-6-1)31(26-15-7-2-8-16-26)29(21-23-33-31)35-36-30-22-24-34-32(30,27-17-9-3-10-18-27)28-19-11-4-12-20-28/h1-20,29-30H,21-24H2. The van der Waals surface area contributed by atoms with Crippen LogP contribution >= 0.6 is 45.1 Å². The van der Waals surface area contributed by atoms with Gasteiger partial charge in [0.2, 0.25) is 0 Å². The summed E-state index contributed by atoms with van der Waals surface area (Å²) in [6.45, 7) is 0. The predicted octanol–water partition coefficient (Wildman–Crippen LogP) is 9.27. The van der Waals surface area contributed by atoms with Gasteiger partial charge in [-0.1, -0.05) is 143 Å². The molecular formula is C32H30S4. The van der Waals surface area contributed by atoms with E-state index in [1.54, 1.807) is 0 Å². The third-order valence-corrected chi connectivity index (χ3v) is 14.5. The maximum absolute atomic E-state index is 2.34. The van der Waals surface area contributed by atoms with Crippen molar-refractivity contribution < 1.29 is 0 Å². The topological polar surface area (TPSA) is 0 Å². The Morgan fingerprint density at radius 3 is 1.00 bits per heavy atom. The normalized spacial score (nSPS) is 22.4. The first-order valence-corrected chi connectivity index (χ1v) is 16.9. The molecule has 0 bridgehead atoms. The van der Waals surface area contributed by atoms with Crippen LogP contribution < -0.4 is 0 Å². The van der Waals surface area contributed by atoms with Crippen LogP contribution in [0.3, 0.4) is 0 Å². The summed E-state index contributed by atoms with van der Waals surface area (Å²) in [5.41, 5.74) is 5.76. The first-order chi connectivity index (χ1) is 17.8. The van der Waals surface area contributed by atoms with Crippen LogP contribution in [0.5, 0.6) is 0 Å². The Morgan fingerprint density at radius 1 is 0.444 bits per heavy atom. The molecule has 4 aromatic carbocycles. The number of hydrogen-bond acceptors (Lipinski definition) is 4. The molecule has 0 spiro atoms. The van der Waals surface area contributed by atoms with Gasteiger partial charge < -0.3 is 0 Å². The first kappa shape index (κ1) is 24.6. The van der Waals surface area contributed by atoms with E-state index in [4.69, 9.17) is 0 Å². The Morgan fingerprint density at radius 2 is 0.722 bits per heavy atom. The van der Waals surface area contributed by atoms with Crippen LogP contribution in [-0.4, -0.2) is 22.0 Å². The molecule has 0 aliphatic carbocycles. The molecule has 2 atom stereocenters. The average Bonchev–Trinajstić information content (AvgIpc) is 3.59. The van der Waals surface area contributed by atoms with Gasteiger partial charge in [-0.05, 0) is 46.6 Å². The second kappa shape index (κ2) is 10.9. The maximum Gasteiger partial charge on any atom is 0.0784 e. The number of rotatable bonds is 7. The van der Waals surface area contributed by atoms with E-state index in [2.05, 4.69) is 166 Å². The smallest absolute Gasteiger partial charge is 0.0784 e. The van der Waals surface area contributed by atoms with E-state index < -0.39 is 0 Å². The largest absolute Gasteiger partial charge is 0.144 e. The van der Waals surface area contributed by atoms with Crippen LogP contribution in [0.2, 0.25) is 0 Å². The van der Waals surface area contributed by atoms with Crippen molar-refractivity contribution in [3.8, 4) is 0 Å². The van der Waals surface area contributed by atoms with Crippen molar-refractivity contribution in [3.05, 3.63) is 144 Å². The van der Waals surface area contributed by atoms with Gasteiger partial charge in [-0.15, -0.1) is 23.5 Å². The summed E-state index contributed by atoms with van der Waals surface area (Å²) in [6, 6.07) is 44.9. The molecule has 0 N–H and O–H groups in total. The molecule has 6 rings (SSSR count). The molecule has 2 aliphatic rings. The van der Waals surface area contributed by atoms with E-state index in [0.717, 1.165) is 0 Å². The quantitative estimate of drug-likeness (QED) is 0.213. The summed E-state index contributed by atoms with van der Waals surface area (Å²) in [5.74, 6) is 2.40. The highest BCUT2D eigenvalue weighted by Crippen LogP contribution is 2.63. The molecule has 182 valence electrons. The summed E-state index contributed by atoms with van der Waals surface area (Å²) in [7, 11) is 4.30. The Bertz CT molecular complexity index is 1060. The molecule has 2 saturated heterocycles. The Hall–Kier alpha value is -1.72. The molecule has 0 radical (unpaired) electrons.